The van der Waals surface area contributed by atoms with Crippen LogP contribution in [0.1, 0.15) is 24.0 Å². The summed E-state index contributed by atoms with van der Waals surface area (Å²) in [5.41, 5.74) is 12.5. The predicted molar refractivity (Wildman–Crippen MR) is 182 cm³/mol. The van der Waals surface area contributed by atoms with E-state index in [-0.39, 0.29) is 0 Å². The fourth-order valence-corrected chi connectivity index (χ4v) is 7.43. The van der Waals surface area contributed by atoms with Crippen LogP contribution in [0.2, 0.25) is 0 Å². The Morgan fingerprint density at radius 3 is 1.63 bits per heavy atom. The lowest BCUT2D eigenvalue weighted by Gasteiger charge is -2.18. The molecule has 0 aliphatic heterocycles. The molecule has 204 valence electrons. The minimum Gasteiger partial charge on any atom is -0.456 e. The van der Waals surface area contributed by atoms with Gasteiger partial charge in [-0.05, 0) is 104 Å². The average Bonchev–Trinajstić information content (AvgIpc) is 3.46. The molecule has 1 aliphatic rings. The summed E-state index contributed by atoms with van der Waals surface area (Å²) in [7, 11) is 0. The Hall–Kier alpha value is -5.14. The number of furan rings is 1. The van der Waals surface area contributed by atoms with E-state index in [1.54, 1.807) is 0 Å². The lowest BCUT2D eigenvalue weighted by molar-refractivity contribution is 0.637. The smallest absolute Gasteiger partial charge is 0.138 e. The first-order chi connectivity index (χ1) is 21.3. The minimum absolute atomic E-state index is 0.978. The van der Waals surface area contributed by atoms with Gasteiger partial charge in [0.15, 0.2) is 0 Å². The third-order valence-electron chi connectivity index (χ3n) is 9.46. The lowest BCUT2D eigenvalue weighted by Crippen LogP contribution is -2.02. The van der Waals surface area contributed by atoms with Crippen molar-refractivity contribution in [3.8, 4) is 33.4 Å². The van der Waals surface area contributed by atoms with Crippen LogP contribution in [0.4, 0.5) is 0 Å². The van der Waals surface area contributed by atoms with E-state index in [0.717, 1.165) is 17.6 Å². The van der Waals surface area contributed by atoms with Crippen molar-refractivity contribution in [3.05, 3.63) is 145 Å². The van der Waals surface area contributed by atoms with E-state index in [2.05, 4.69) is 133 Å². The Morgan fingerprint density at radius 2 is 0.953 bits per heavy atom. The SMILES string of the molecule is c1ccc(-c2c3ccccc3c(-c3ccc(-c4ccc5oc6c7c(ccc6c5c4)CCCC7)cc3)c3ccccc23)cc1. The molecule has 1 heteroatoms. The van der Waals surface area contributed by atoms with Crippen molar-refractivity contribution < 1.29 is 4.42 Å². The van der Waals surface area contributed by atoms with Crippen LogP contribution in [0.15, 0.2) is 138 Å². The molecule has 0 amide bonds. The van der Waals surface area contributed by atoms with Gasteiger partial charge < -0.3 is 4.42 Å². The van der Waals surface area contributed by atoms with Crippen molar-refractivity contribution in [2.24, 2.45) is 0 Å². The zero-order chi connectivity index (χ0) is 28.3. The van der Waals surface area contributed by atoms with Gasteiger partial charge in [-0.15, -0.1) is 0 Å². The predicted octanol–water partition coefficient (Wildman–Crippen LogP) is 11.8. The van der Waals surface area contributed by atoms with Gasteiger partial charge in [-0.3, -0.25) is 0 Å². The number of benzene rings is 7. The number of hydrogen-bond donors (Lipinski definition) is 0. The summed E-state index contributed by atoms with van der Waals surface area (Å²) < 4.78 is 6.44. The minimum atomic E-state index is 0.978. The monoisotopic (exact) mass is 550 g/mol. The molecule has 0 N–H and O–H groups in total. The molecule has 1 aromatic heterocycles. The first-order valence-corrected chi connectivity index (χ1v) is 15.4. The van der Waals surface area contributed by atoms with E-state index < -0.39 is 0 Å². The molecule has 0 saturated heterocycles. The van der Waals surface area contributed by atoms with Gasteiger partial charge in [-0.2, -0.15) is 0 Å². The standard InChI is InChI=1S/C42H30O/c1-2-11-29(12-3-1)40-33-14-6-8-16-35(33)41(36-17-9-7-15-34(36)40)30-20-18-27(19-21-30)31-23-25-39-38(26-31)37-24-22-28-10-4-5-13-32(28)42(37)43-39/h1-3,6-9,11-12,14-26H,4-5,10,13H2. The molecular formula is C42H30O. The topological polar surface area (TPSA) is 13.1 Å². The first kappa shape index (κ1) is 24.5. The Bertz CT molecular complexity index is 2260. The maximum Gasteiger partial charge on any atom is 0.138 e. The van der Waals surface area contributed by atoms with Gasteiger partial charge in [0.05, 0.1) is 0 Å². The maximum absolute atomic E-state index is 6.44. The number of hydrogen-bond acceptors (Lipinski definition) is 1. The molecule has 0 radical (unpaired) electrons. The molecule has 9 rings (SSSR count). The molecule has 0 bridgehead atoms. The van der Waals surface area contributed by atoms with Gasteiger partial charge in [0, 0.05) is 10.8 Å². The summed E-state index contributed by atoms with van der Waals surface area (Å²) in [4.78, 5) is 0. The van der Waals surface area contributed by atoms with Crippen LogP contribution in [-0.4, -0.2) is 0 Å². The molecule has 0 saturated carbocycles. The van der Waals surface area contributed by atoms with Crippen molar-refractivity contribution in [2.75, 3.05) is 0 Å². The van der Waals surface area contributed by atoms with Crippen LogP contribution in [0.5, 0.6) is 0 Å². The van der Waals surface area contributed by atoms with E-state index in [1.165, 1.54) is 96.1 Å². The Morgan fingerprint density at radius 1 is 0.395 bits per heavy atom. The van der Waals surface area contributed by atoms with Crippen molar-refractivity contribution in [2.45, 2.75) is 25.7 Å². The molecule has 0 fully saturated rings. The summed E-state index contributed by atoms with van der Waals surface area (Å²) in [5.74, 6) is 0. The highest BCUT2D eigenvalue weighted by Crippen LogP contribution is 2.44. The largest absolute Gasteiger partial charge is 0.456 e. The Kier molecular flexibility index (Phi) is 5.52. The quantitative estimate of drug-likeness (QED) is 0.199. The van der Waals surface area contributed by atoms with E-state index in [0.29, 0.717) is 0 Å². The molecule has 8 aromatic rings. The fraction of sp³-hybridized carbons (Fsp3) is 0.0952. The van der Waals surface area contributed by atoms with Crippen LogP contribution in [-0.2, 0) is 12.8 Å². The van der Waals surface area contributed by atoms with Gasteiger partial charge in [-0.1, -0.05) is 121 Å². The van der Waals surface area contributed by atoms with E-state index >= 15 is 0 Å². The summed E-state index contributed by atoms with van der Waals surface area (Å²) >= 11 is 0. The van der Waals surface area contributed by atoms with Crippen LogP contribution >= 0.6 is 0 Å². The first-order valence-electron chi connectivity index (χ1n) is 15.4. The summed E-state index contributed by atoms with van der Waals surface area (Å²) in [6.45, 7) is 0. The van der Waals surface area contributed by atoms with E-state index in [4.69, 9.17) is 4.42 Å². The van der Waals surface area contributed by atoms with E-state index in [1.807, 2.05) is 0 Å². The van der Waals surface area contributed by atoms with Crippen LogP contribution in [0.3, 0.4) is 0 Å². The summed E-state index contributed by atoms with van der Waals surface area (Å²) in [6, 6.07) is 48.9. The molecule has 0 spiro atoms. The molecule has 43 heavy (non-hydrogen) atoms. The Labute approximate surface area is 251 Å². The van der Waals surface area contributed by atoms with Crippen LogP contribution in [0, 0.1) is 0 Å². The fourth-order valence-electron chi connectivity index (χ4n) is 7.43. The van der Waals surface area contributed by atoms with Gasteiger partial charge in [0.1, 0.15) is 11.2 Å². The highest BCUT2D eigenvalue weighted by molar-refractivity contribution is 6.21. The van der Waals surface area contributed by atoms with Gasteiger partial charge in [0.25, 0.3) is 0 Å². The average molecular weight is 551 g/mol. The van der Waals surface area contributed by atoms with Crippen LogP contribution < -0.4 is 0 Å². The molecule has 1 heterocycles. The van der Waals surface area contributed by atoms with E-state index in [9.17, 15) is 0 Å². The van der Waals surface area contributed by atoms with Crippen molar-refractivity contribution in [3.63, 3.8) is 0 Å². The molecule has 1 aliphatic carbocycles. The molecule has 7 aromatic carbocycles. The van der Waals surface area contributed by atoms with Gasteiger partial charge in [-0.25, -0.2) is 0 Å². The summed E-state index contributed by atoms with van der Waals surface area (Å²) in [5, 5.41) is 7.57. The van der Waals surface area contributed by atoms with Crippen molar-refractivity contribution in [1.82, 2.24) is 0 Å². The molecule has 1 nitrogen and oxygen atoms in total. The molecule has 0 atom stereocenters. The van der Waals surface area contributed by atoms with Crippen molar-refractivity contribution >= 4 is 43.5 Å². The highest BCUT2D eigenvalue weighted by atomic mass is 16.3. The van der Waals surface area contributed by atoms with Gasteiger partial charge >= 0.3 is 0 Å². The number of fused-ring (bicyclic) bond motifs is 7. The zero-order valence-electron chi connectivity index (χ0n) is 23.9. The third-order valence-corrected chi connectivity index (χ3v) is 9.46. The van der Waals surface area contributed by atoms with Crippen molar-refractivity contribution in [1.29, 1.82) is 0 Å². The second kappa shape index (κ2) is 9.71. The number of aryl methyl sites for hydroxylation is 2. The lowest BCUT2D eigenvalue weighted by atomic mass is 9.85. The zero-order valence-corrected chi connectivity index (χ0v) is 23.9. The second-order valence-electron chi connectivity index (χ2n) is 11.9. The maximum atomic E-state index is 6.44. The van der Waals surface area contributed by atoms with Crippen LogP contribution in [0.25, 0.3) is 76.9 Å². The highest BCUT2D eigenvalue weighted by Gasteiger charge is 2.19. The summed E-state index contributed by atoms with van der Waals surface area (Å²) in [6.07, 6.45) is 4.82. The molecule has 0 unspecified atom stereocenters. The second-order valence-corrected chi connectivity index (χ2v) is 11.9. The molecular weight excluding hydrogens is 520 g/mol. The third kappa shape index (κ3) is 3.85. The van der Waals surface area contributed by atoms with Gasteiger partial charge in [0.2, 0.25) is 0 Å². The number of rotatable bonds is 3. The Balaban J connectivity index is 1.19. The normalized spacial score (nSPS) is 13.2.